The van der Waals surface area contributed by atoms with Crippen LogP contribution in [-0.4, -0.2) is 50.0 Å². The highest BCUT2D eigenvalue weighted by atomic mass is 32.2. The molecule has 1 aliphatic carbocycles. The Morgan fingerprint density at radius 1 is 1.11 bits per heavy atom. The van der Waals surface area contributed by atoms with E-state index < -0.39 is 34.3 Å². The van der Waals surface area contributed by atoms with E-state index in [4.69, 9.17) is 0 Å². The fourth-order valence-corrected chi connectivity index (χ4v) is 5.37. The summed E-state index contributed by atoms with van der Waals surface area (Å²) in [5.74, 6) is -1.42. The summed E-state index contributed by atoms with van der Waals surface area (Å²) in [6.07, 6.45) is 4.88. The molecule has 2 aromatic carbocycles. The highest BCUT2D eigenvalue weighted by molar-refractivity contribution is 7.92. The normalized spacial score (nSPS) is 15.0. The van der Waals surface area contributed by atoms with E-state index in [2.05, 4.69) is 5.32 Å². The minimum absolute atomic E-state index is 0.0538. The van der Waals surface area contributed by atoms with Crippen molar-refractivity contribution in [2.45, 2.75) is 65.1 Å². The molecular weight excluding hydrogens is 469 g/mol. The number of carbonyl (C=O) groups excluding carboxylic acids is 2. The van der Waals surface area contributed by atoms with Crippen LogP contribution in [0.4, 0.5) is 10.1 Å². The van der Waals surface area contributed by atoms with Crippen LogP contribution in [0.15, 0.2) is 42.5 Å². The molecule has 0 heterocycles. The number of nitrogens with one attached hydrogen (secondary N) is 1. The molecule has 2 aromatic rings. The molecule has 0 radical (unpaired) electrons. The van der Waals surface area contributed by atoms with E-state index in [9.17, 15) is 22.4 Å². The number of nitrogens with zero attached hydrogens (tertiary/aromatic N) is 2. The van der Waals surface area contributed by atoms with Gasteiger partial charge in [-0.05, 0) is 51.3 Å². The van der Waals surface area contributed by atoms with Gasteiger partial charge in [0.25, 0.3) is 0 Å². The van der Waals surface area contributed by atoms with Crippen LogP contribution in [0.5, 0.6) is 0 Å². The molecule has 1 saturated carbocycles. The van der Waals surface area contributed by atoms with Gasteiger partial charge in [-0.25, -0.2) is 12.8 Å². The molecule has 1 N–H and O–H groups in total. The largest absolute Gasteiger partial charge is 0.352 e. The van der Waals surface area contributed by atoms with Crippen LogP contribution in [-0.2, 0) is 26.2 Å². The van der Waals surface area contributed by atoms with Crippen LogP contribution in [0, 0.1) is 19.7 Å². The van der Waals surface area contributed by atoms with Crippen LogP contribution in [0.2, 0.25) is 0 Å². The first-order valence-electron chi connectivity index (χ1n) is 11.9. The Hall–Kier alpha value is -2.94. The zero-order valence-corrected chi connectivity index (χ0v) is 21.6. The average Bonchev–Trinajstić information content (AvgIpc) is 3.29. The number of benzene rings is 2. The average molecular weight is 504 g/mol. The summed E-state index contributed by atoms with van der Waals surface area (Å²) in [5.41, 5.74) is 2.31. The third-order valence-electron chi connectivity index (χ3n) is 6.47. The lowest BCUT2D eigenvalue weighted by atomic mass is 10.1. The predicted octanol–water partition coefficient (Wildman–Crippen LogP) is 3.68. The minimum atomic E-state index is -3.82. The number of aryl methyl sites for hydroxylation is 2. The van der Waals surface area contributed by atoms with Crippen molar-refractivity contribution in [3.05, 3.63) is 65.0 Å². The quantitative estimate of drug-likeness (QED) is 0.566. The van der Waals surface area contributed by atoms with Crippen molar-refractivity contribution in [2.75, 3.05) is 17.1 Å². The number of amides is 2. The maximum absolute atomic E-state index is 14.5. The first kappa shape index (κ1) is 26.7. The maximum Gasteiger partial charge on any atom is 0.244 e. The first-order chi connectivity index (χ1) is 16.5. The first-order valence-corrected chi connectivity index (χ1v) is 13.7. The number of halogens is 1. The van der Waals surface area contributed by atoms with E-state index in [-0.39, 0.29) is 24.1 Å². The second-order valence-electron chi connectivity index (χ2n) is 9.34. The molecule has 0 unspecified atom stereocenters. The number of sulfonamides is 1. The third kappa shape index (κ3) is 6.81. The van der Waals surface area contributed by atoms with Gasteiger partial charge in [0.15, 0.2) is 0 Å². The second-order valence-corrected chi connectivity index (χ2v) is 11.2. The van der Waals surface area contributed by atoms with Crippen molar-refractivity contribution in [1.82, 2.24) is 10.2 Å². The Kier molecular flexibility index (Phi) is 8.53. The molecule has 1 atom stereocenters. The van der Waals surface area contributed by atoms with E-state index in [0.29, 0.717) is 11.3 Å². The zero-order valence-electron chi connectivity index (χ0n) is 20.8. The summed E-state index contributed by atoms with van der Waals surface area (Å²) in [6.45, 7) is 4.60. The molecular formula is C26H34FN3O4S. The smallest absolute Gasteiger partial charge is 0.244 e. The number of hydrogen-bond donors (Lipinski definition) is 1. The van der Waals surface area contributed by atoms with E-state index in [0.717, 1.165) is 41.8 Å². The van der Waals surface area contributed by atoms with Gasteiger partial charge in [-0.15, -0.1) is 0 Å². The van der Waals surface area contributed by atoms with Gasteiger partial charge < -0.3 is 10.2 Å². The van der Waals surface area contributed by atoms with Gasteiger partial charge in [0.2, 0.25) is 21.8 Å². The van der Waals surface area contributed by atoms with Gasteiger partial charge in [0.1, 0.15) is 18.4 Å². The SMILES string of the molecule is Cc1ccc(N(CC(=O)N(Cc2ccccc2F)[C@@H](C)C(=O)NC2CCCC2)S(C)(=O)=O)c(C)c1. The fourth-order valence-electron chi connectivity index (χ4n) is 4.46. The summed E-state index contributed by atoms with van der Waals surface area (Å²) in [7, 11) is -3.82. The summed E-state index contributed by atoms with van der Waals surface area (Å²) in [4.78, 5) is 27.9. The van der Waals surface area contributed by atoms with Crippen molar-refractivity contribution < 1.29 is 22.4 Å². The molecule has 0 bridgehead atoms. The lowest BCUT2D eigenvalue weighted by molar-refractivity contribution is -0.139. The highest BCUT2D eigenvalue weighted by Crippen LogP contribution is 2.25. The molecule has 0 aliphatic heterocycles. The highest BCUT2D eigenvalue weighted by Gasteiger charge is 2.32. The molecule has 0 spiro atoms. The number of anilines is 1. The molecule has 7 nitrogen and oxygen atoms in total. The van der Waals surface area contributed by atoms with Crippen molar-refractivity contribution in [3.8, 4) is 0 Å². The van der Waals surface area contributed by atoms with Crippen molar-refractivity contribution in [1.29, 1.82) is 0 Å². The van der Waals surface area contributed by atoms with Crippen molar-refractivity contribution in [2.24, 2.45) is 0 Å². The molecule has 35 heavy (non-hydrogen) atoms. The van der Waals surface area contributed by atoms with Crippen molar-refractivity contribution >= 4 is 27.5 Å². The maximum atomic E-state index is 14.5. The Balaban J connectivity index is 1.91. The Bertz CT molecular complexity index is 1180. The third-order valence-corrected chi connectivity index (χ3v) is 7.59. The van der Waals surface area contributed by atoms with Gasteiger partial charge in [-0.1, -0.05) is 48.7 Å². The number of rotatable bonds is 9. The molecule has 0 aromatic heterocycles. The predicted molar refractivity (Wildman–Crippen MR) is 135 cm³/mol. The Labute approximate surface area is 207 Å². The van der Waals surface area contributed by atoms with Crippen LogP contribution >= 0.6 is 0 Å². The van der Waals surface area contributed by atoms with Gasteiger partial charge in [-0.3, -0.25) is 13.9 Å². The zero-order chi connectivity index (χ0) is 25.8. The van der Waals surface area contributed by atoms with E-state index >= 15 is 0 Å². The number of carbonyl (C=O) groups is 2. The van der Waals surface area contributed by atoms with Crippen LogP contribution in [0.3, 0.4) is 0 Å². The van der Waals surface area contributed by atoms with Gasteiger partial charge in [-0.2, -0.15) is 0 Å². The summed E-state index contributed by atoms with van der Waals surface area (Å²) < 4.78 is 40.9. The van der Waals surface area contributed by atoms with Gasteiger partial charge in [0, 0.05) is 18.2 Å². The molecule has 1 fully saturated rings. The van der Waals surface area contributed by atoms with E-state index in [1.54, 1.807) is 44.2 Å². The monoisotopic (exact) mass is 503 g/mol. The Morgan fingerprint density at radius 3 is 2.37 bits per heavy atom. The van der Waals surface area contributed by atoms with Crippen molar-refractivity contribution in [3.63, 3.8) is 0 Å². The fraction of sp³-hybridized carbons (Fsp3) is 0.462. The van der Waals surface area contributed by atoms with Gasteiger partial charge in [0.05, 0.1) is 11.9 Å². The molecule has 0 saturated heterocycles. The molecule has 1 aliphatic rings. The number of hydrogen-bond acceptors (Lipinski definition) is 4. The van der Waals surface area contributed by atoms with E-state index in [1.165, 1.54) is 11.0 Å². The summed E-state index contributed by atoms with van der Waals surface area (Å²) in [6, 6.07) is 10.5. The molecule has 9 heteroatoms. The van der Waals surface area contributed by atoms with Crippen LogP contribution in [0.1, 0.15) is 49.3 Å². The second kappa shape index (κ2) is 11.2. The summed E-state index contributed by atoms with van der Waals surface area (Å²) >= 11 is 0. The van der Waals surface area contributed by atoms with Crippen LogP contribution in [0.25, 0.3) is 0 Å². The topological polar surface area (TPSA) is 86.8 Å². The van der Waals surface area contributed by atoms with Gasteiger partial charge >= 0.3 is 0 Å². The molecule has 190 valence electrons. The molecule has 2 amide bonds. The lowest BCUT2D eigenvalue weighted by Gasteiger charge is -2.32. The summed E-state index contributed by atoms with van der Waals surface area (Å²) in [5, 5.41) is 2.99. The standard InChI is InChI=1S/C26H34FN3O4S/c1-18-13-14-24(19(2)15-18)30(35(4,33)34)17-25(31)29(16-21-9-5-8-12-23(21)27)20(3)26(32)28-22-10-6-7-11-22/h5,8-9,12-15,20,22H,6-7,10-11,16-17H2,1-4H3,(H,28,32)/t20-/m0/s1. The van der Waals surface area contributed by atoms with Crippen LogP contribution < -0.4 is 9.62 Å². The molecule has 3 rings (SSSR count). The Morgan fingerprint density at radius 2 is 1.77 bits per heavy atom. The van der Waals surface area contributed by atoms with E-state index in [1.807, 2.05) is 13.0 Å². The lowest BCUT2D eigenvalue weighted by Crippen LogP contribution is -2.52. The minimum Gasteiger partial charge on any atom is -0.352 e.